The highest BCUT2D eigenvalue weighted by atomic mass is 16.5. The van der Waals surface area contributed by atoms with E-state index in [-0.39, 0.29) is 6.10 Å². The highest BCUT2D eigenvalue weighted by molar-refractivity contribution is 5.29. The first-order chi connectivity index (χ1) is 12.7. The monoisotopic (exact) mass is 360 g/mol. The van der Waals surface area contributed by atoms with Crippen LogP contribution in [0.3, 0.4) is 0 Å². The molecule has 0 aliphatic carbocycles. The van der Waals surface area contributed by atoms with Gasteiger partial charge in [-0.2, -0.15) is 0 Å². The number of nitrogens with zero attached hydrogens (tertiary/aromatic N) is 2. The standard InChI is InChI=1S/C21H32N2O3/c1-4-7-20(24)17-22(12-13-25-2)16-19-9-6-11-23(19)15-18-8-5-10-21(14-18)26-3/h5-6,8-11,14,20,24H,4,7,12-13,15-17H2,1-3H3. The smallest absolute Gasteiger partial charge is 0.119 e. The van der Waals surface area contributed by atoms with E-state index in [1.165, 1.54) is 11.3 Å². The van der Waals surface area contributed by atoms with Crippen molar-refractivity contribution in [2.45, 2.75) is 39.0 Å². The predicted octanol–water partition coefficient (Wildman–Crippen LogP) is 3.15. The largest absolute Gasteiger partial charge is 0.497 e. The molecule has 0 saturated carbocycles. The average molecular weight is 360 g/mol. The van der Waals surface area contributed by atoms with Gasteiger partial charge in [0.05, 0.1) is 19.8 Å². The molecule has 5 heteroatoms. The molecule has 5 nitrogen and oxygen atoms in total. The van der Waals surface area contributed by atoms with Crippen LogP contribution in [-0.4, -0.2) is 54.6 Å². The summed E-state index contributed by atoms with van der Waals surface area (Å²) >= 11 is 0. The average Bonchev–Trinajstić information content (AvgIpc) is 3.06. The van der Waals surface area contributed by atoms with Gasteiger partial charge in [0.25, 0.3) is 0 Å². The molecule has 0 aliphatic rings. The molecule has 1 aromatic heterocycles. The number of benzene rings is 1. The van der Waals surface area contributed by atoms with Gasteiger partial charge >= 0.3 is 0 Å². The summed E-state index contributed by atoms with van der Waals surface area (Å²) in [6.07, 6.45) is 3.63. The molecule has 1 heterocycles. The lowest BCUT2D eigenvalue weighted by Gasteiger charge is -2.25. The third kappa shape index (κ3) is 6.48. The summed E-state index contributed by atoms with van der Waals surface area (Å²) in [6, 6.07) is 12.4. The number of aromatic nitrogens is 1. The van der Waals surface area contributed by atoms with E-state index >= 15 is 0 Å². The summed E-state index contributed by atoms with van der Waals surface area (Å²) in [5, 5.41) is 10.2. The number of aliphatic hydroxyl groups excluding tert-OH is 1. The third-order valence-electron chi connectivity index (χ3n) is 4.50. The Morgan fingerprint density at radius 1 is 1.19 bits per heavy atom. The second-order valence-corrected chi connectivity index (χ2v) is 6.65. The molecule has 0 aliphatic heterocycles. The van der Waals surface area contributed by atoms with E-state index in [4.69, 9.17) is 9.47 Å². The van der Waals surface area contributed by atoms with Crippen LogP contribution < -0.4 is 4.74 Å². The van der Waals surface area contributed by atoms with Crippen molar-refractivity contribution < 1.29 is 14.6 Å². The Balaban J connectivity index is 2.05. The van der Waals surface area contributed by atoms with Gasteiger partial charge in [0, 0.05) is 45.2 Å². The fourth-order valence-electron chi connectivity index (χ4n) is 3.12. The van der Waals surface area contributed by atoms with Crippen molar-refractivity contribution in [2.75, 3.05) is 33.9 Å². The van der Waals surface area contributed by atoms with Gasteiger partial charge in [0.2, 0.25) is 0 Å². The SMILES string of the molecule is CCCC(O)CN(CCOC)Cc1cccn1Cc1cccc(OC)c1. The van der Waals surface area contributed by atoms with Crippen molar-refractivity contribution in [1.29, 1.82) is 0 Å². The Morgan fingerprint density at radius 3 is 2.77 bits per heavy atom. The van der Waals surface area contributed by atoms with E-state index in [0.29, 0.717) is 13.2 Å². The predicted molar refractivity (Wildman–Crippen MR) is 105 cm³/mol. The van der Waals surface area contributed by atoms with Crippen molar-refractivity contribution in [1.82, 2.24) is 9.47 Å². The number of ether oxygens (including phenoxy) is 2. The first-order valence-corrected chi connectivity index (χ1v) is 9.32. The number of hydrogen-bond donors (Lipinski definition) is 1. The fraction of sp³-hybridized carbons (Fsp3) is 0.524. The molecular weight excluding hydrogens is 328 g/mol. The van der Waals surface area contributed by atoms with Crippen LogP contribution in [0.5, 0.6) is 5.75 Å². The normalized spacial score (nSPS) is 12.5. The lowest BCUT2D eigenvalue weighted by Crippen LogP contribution is -2.35. The van der Waals surface area contributed by atoms with E-state index in [0.717, 1.165) is 38.2 Å². The lowest BCUT2D eigenvalue weighted by molar-refractivity contribution is 0.0788. The summed E-state index contributed by atoms with van der Waals surface area (Å²) < 4.78 is 12.8. The van der Waals surface area contributed by atoms with E-state index in [1.807, 2.05) is 12.1 Å². The maximum absolute atomic E-state index is 10.2. The molecule has 2 rings (SSSR count). The maximum atomic E-state index is 10.2. The van der Waals surface area contributed by atoms with E-state index < -0.39 is 0 Å². The van der Waals surface area contributed by atoms with E-state index in [1.54, 1.807) is 14.2 Å². The molecular formula is C21H32N2O3. The number of hydrogen-bond acceptors (Lipinski definition) is 4. The van der Waals surface area contributed by atoms with Gasteiger partial charge in [-0.1, -0.05) is 25.5 Å². The lowest BCUT2D eigenvalue weighted by atomic mass is 10.2. The summed E-state index contributed by atoms with van der Waals surface area (Å²) in [4.78, 5) is 2.27. The molecule has 26 heavy (non-hydrogen) atoms. The zero-order valence-corrected chi connectivity index (χ0v) is 16.2. The first kappa shape index (κ1) is 20.5. The Bertz CT molecular complexity index is 642. The van der Waals surface area contributed by atoms with Gasteiger partial charge in [-0.3, -0.25) is 4.90 Å². The first-order valence-electron chi connectivity index (χ1n) is 9.32. The van der Waals surface area contributed by atoms with E-state index in [9.17, 15) is 5.11 Å². The Morgan fingerprint density at radius 2 is 2.04 bits per heavy atom. The zero-order valence-electron chi connectivity index (χ0n) is 16.2. The van der Waals surface area contributed by atoms with Crippen molar-refractivity contribution >= 4 is 0 Å². The van der Waals surface area contributed by atoms with Crippen LogP contribution in [0.25, 0.3) is 0 Å². The Kier molecular flexibility index (Phi) is 8.68. The van der Waals surface area contributed by atoms with Gasteiger partial charge < -0.3 is 19.1 Å². The molecule has 1 atom stereocenters. The minimum absolute atomic E-state index is 0.293. The summed E-state index contributed by atoms with van der Waals surface area (Å²) in [7, 11) is 3.40. The van der Waals surface area contributed by atoms with Gasteiger partial charge in [0.1, 0.15) is 5.75 Å². The van der Waals surface area contributed by atoms with Crippen LogP contribution in [0.1, 0.15) is 31.0 Å². The number of rotatable bonds is 12. The number of aliphatic hydroxyl groups is 1. The van der Waals surface area contributed by atoms with Crippen LogP contribution >= 0.6 is 0 Å². The maximum Gasteiger partial charge on any atom is 0.119 e. The molecule has 0 bridgehead atoms. The zero-order chi connectivity index (χ0) is 18.8. The molecule has 0 radical (unpaired) electrons. The third-order valence-corrected chi connectivity index (χ3v) is 4.50. The van der Waals surface area contributed by atoms with Crippen LogP contribution in [0.2, 0.25) is 0 Å². The minimum atomic E-state index is -0.293. The molecule has 0 fully saturated rings. The number of methoxy groups -OCH3 is 2. The van der Waals surface area contributed by atoms with Gasteiger partial charge in [0.15, 0.2) is 0 Å². The second-order valence-electron chi connectivity index (χ2n) is 6.65. The molecule has 1 unspecified atom stereocenters. The quantitative estimate of drug-likeness (QED) is 0.632. The molecule has 1 N–H and O–H groups in total. The molecule has 0 spiro atoms. The Labute approximate surface area is 157 Å². The highest BCUT2D eigenvalue weighted by Crippen LogP contribution is 2.16. The van der Waals surface area contributed by atoms with Crippen LogP contribution in [-0.2, 0) is 17.8 Å². The van der Waals surface area contributed by atoms with Gasteiger partial charge in [-0.15, -0.1) is 0 Å². The Hall–Kier alpha value is -1.82. The summed E-state index contributed by atoms with van der Waals surface area (Å²) in [5.74, 6) is 0.876. The van der Waals surface area contributed by atoms with Crippen LogP contribution in [0, 0.1) is 0 Å². The molecule has 0 saturated heterocycles. The minimum Gasteiger partial charge on any atom is -0.497 e. The van der Waals surface area contributed by atoms with Crippen molar-refractivity contribution in [3.05, 3.63) is 53.9 Å². The van der Waals surface area contributed by atoms with E-state index in [2.05, 4.69) is 46.9 Å². The van der Waals surface area contributed by atoms with Crippen molar-refractivity contribution in [3.8, 4) is 5.75 Å². The highest BCUT2D eigenvalue weighted by Gasteiger charge is 2.14. The summed E-state index contributed by atoms with van der Waals surface area (Å²) in [6.45, 7) is 5.83. The molecule has 144 valence electrons. The fourth-order valence-corrected chi connectivity index (χ4v) is 3.12. The second kappa shape index (κ2) is 11.0. The van der Waals surface area contributed by atoms with Gasteiger partial charge in [-0.05, 0) is 36.2 Å². The molecule has 0 amide bonds. The van der Waals surface area contributed by atoms with Gasteiger partial charge in [-0.25, -0.2) is 0 Å². The summed E-state index contributed by atoms with van der Waals surface area (Å²) in [5.41, 5.74) is 2.43. The topological polar surface area (TPSA) is 46.9 Å². The van der Waals surface area contributed by atoms with Crippen LogP contribution in [0.15, 0.2) is 42.6 Å². The van der Waals surface area contributed by atoms with Crippen LogP contribution in [0.4, 0.5) is 0 Å². The van der Waals surface area contributed by atoms with Crippen molar-refractivity contribution in [2.24, 2.45) is 0 Å². The van der Waals surface area contributed by atoms with Crippen molar-refractivity contribution in [3.63, 3.8) is 0 Å². The molecule has 2 aromatic rings. The molecule has 1 aromatic carbocycles.